The first-order valence-corrected chi connectivity index (χ1v) is 8.30. The van der Waals surface area contributed by atoms with Gasteiger partial charge in [0.15, 0.2) is 11.5 Å². The van der Waals surface area contributed by atoms with Crippen LogP contribution in [-0.4, -0.2) is 37.2 Å². The Kier molecular flexibility index (Phi) is 4.83. The molecular formula is C20H23NO4. The molecule has 0 radical (unpaired) electrons. The third-order valence-corrected chi connectivity index (χ3v) is 4.31. The second-order valence-corrected chi connectivity index (χ2v) is 6.32. The number of nitrogens with zero attached hydrogens (tertiary/aromatic N) is 1. The largest absolute Gasteiger partial charge is 0.496 e. The molecule has 0 bridgehead atoms. The lowest BCUT2D eigenvalue weighted by molar-refractivity contribution is -0.143. The zero-order chi connectivity index (χ0) is 18.0. The van der Waals surface area contributed by atoms with E-state index >= 15 is 0 Å². The highest BCUT2D eigenvalue weighted by atomic mass is 16.6. The van der Waals surface area contributed by atoms with Gasteiger partial charge in [0, 0.05) is 19.2 Å². The zero-order valence-electron chi connectivity index (χ0n) is 15.0. The van der Waals surface area contributed by atoms with E-state index in [1.54, 1.807) is 19.1 Å². The van der Waals surface area contributed by atoms with Crippen molar-refractivity contribution in [2.24, 2.45) is 0 Å². The second kappa shape index (κ2) is 7.05. The Bertz CT molecular complexity index is 774. The molecule has 1 aliphatic rings. The minimum atomic E-state index is -0.671. The van der Waals surface area contributed by atoms with Crippen molar-refractivity contribution in [2.45, 2.75) is 32.6 Å². The monoisotopic (exact) mass is 341 g/mol. The first-order chi connectivity index (χ1) is 12.0. The molecule has 5 nitrogen and oxygen atoms in total. The van der Waals surface area contributed by atoms with E-state index in [1.807, 2.05) is 56.3 Å². The van der Waals surface area contributed by atoms with Crippen molar-refractivity contribution >= 4 is 5.91 Å². The van der Waals surface area contributed by atoms with Gasteiger partial charge in [-0.2, -0.15) is 0 Å². The van der Waals surface area contributed by atoms with Gasteiger partial charge in [-0.05, 0) is 32.0 Å². The van der Waals surface area contributed by atoms with Crippen molar-refractivity contribution < 1.29 is 19.0 Å². The Balaban J connectivity index is 1.76. The van der Waals surface area contributed by atoms with Gasteiger partial charge in [-0.25, -0.2) is 0 Å². The number of carbonyl (C=O) groups is 1. The van der Waals surface area contributed by atoms with Gasteiger partial charge in [0.05, 0.1) is 7.11 Å². The van der Waals surface area contributed by atoms with Crippen molar-refractivity contribution in [3.05, 3.63) is 53.6 Å². The minimum Gasteiger partial charge on any atom is -0.496 e. The van der Waals surface area contributed by atoms with Gasteiger partial charge in [-0.15, -0.1) is 0 Å². The molecule has 0 N–H and O–H groups in total. The predicted octanol–water partition coefficient (Wildman–Crippen LogP) is 3.19. The SMILES string of the molecule is COc1ccc(C)cc1CN(C)C(=O)C1Oc2ccccc2OC1C. The third kappa shape index (κ3) is 3.55. The summed E-state index contributed by atoms with van der Waals surface area (Å²) in [6.07, 6.45) is -1.03. The number of rotatable bonds is 4. The molecule has 3 rings (SSSR count). The van der Waals surface area contributed by atoms with Gasteiger partial charge in [0.1, 0.15) is 11.9 Å². The van der Waals surface area contributed by atoms with Crippen molar-refractivity contribution in [2.75, 3.05) is 14.2 Å². The highest BCUT2D eigenvalue weighted by Crippen LogP contribution is 2.34. The number of para-hydroxylation sites is 2. The molecule has 1 amide bonds. The summed E-state index contributed by atoms with van der Waals surface area (Å²) >= 11 is 0. The quantitative estimate of drug-likeness (QED) is 0.857. The van der Waals surface area contributed by atoms with Crippen LogP contribution in [-0.2, 0) is 11.3 Å². The number of hydrogen-bond donors (Lipinski definition) is 0. The summed E-state index contributed by atoms with van der Waals surface area (Å²) in [5.41, 5.74) is 2.08. The molecule has 5 heteroatoms. The van der Waals surface area contributed by atoms with Gasteiger partial charge in [0.2, 0.25) is 6.10 Å². The molecule has 2 unspecified atom stereocenters. The number of carbonyl (C=O) groups excluding carboxylic acids is 1. The molecule has 25 heavy (non-hydrogen) atoms. The Hall–Kier alpha value is -2.69. The number of methoxy groups -OCH3 is 1. The van der Waals surface area contributed by atoms with Crippen LogP contribution < -0.4 is 14.2 Å². The number of benzene rings is 2. The first-order valence-electron chi connectivity index (χ1n) is 8.30. The van der Waals surface area contributed by atoms with E-state index in [0.717, 1.165) is 16.9 Å². The van der Waals surface area contributed by atoms with Crippen molar-refractivity contribution in [3.63, 3.8) is 0 Å². The third-order valence-electron chi connectivity index (χ3n) is 4.31. The molecular weight excluding hydrogens is 318 g/mol. The molecule has 0 aromatic heterocycles. The average molecular weight is 341 g/mol. The fourth-order valence-electron chi connectivity index (χ4n) is 2.97. The highest BCUT2D eigenvalue weighted by molar-refractivity contribution is 5.82. The summed E-state index contributed by atoms with van der Waals surface area (Å²) in [6, 6.07) is 13.3. The topological polar surface area (TPSA) is 48.0 Å². The lowest BCUT2D eigenvalue weighted by Gasteiger charge is -2.33. The number of aryl methyl sites for hydroxylation is 1. The number of fused-ring (bicyclic) bond motifs is 1. The van der Waals surface area contributed by atoms with Crippen molar-refractivity contribution in [3.8, 4) is 17.2 Å². The fraction of sp³-hybridized carbons (Fsp3) is 0.350. The van der Waals surface area contributed by atoms with Crippen molar-refractivity contribution in [1.82, 2.24) is 4.90 Å². The number of ether oxygens (including phenoxy) is 3. The lowest BCUT2D eigenvalue weighted by Crippen LogP contribution is -2.49. The molecule has 132 valence electrons. The Morgan fingerprint density at radius 2 is 1.84 bits per heavy atom. The van der Waals surface area contributed by atoms with Crippen LogP contribution >= 0.6 is 0 Å². The molecule has 0 spiro atoms. The van der Waals surface area contributed by atoms with Gasteiger partial charge < -0.3 is 19.1 Å². The van der Waals surface area contributed by atoms with Gasteiger partial charge in [-0.1, -0.05) is 29.8 Å². The molecule has 1 aliphatic heterocycles. The summed E-state index contributed by atoms with van der Waals surface area (Å²) in [5.74, 6) is 1.91. The average Bonchev–Trinajstić information content (AvgIpc) is 2.60. The van der Waals surface area contributed by atoms with E-state index in [2.05, 4.69) is 0 Å². The van der Waals surface area contributed by atoms with E-state index < -0.39 is 6.10 Å². The molecule has 2 atom stereocenters. The molecule has 1 heterocycles. The summed E-state index contributed by atoms with van der Waals surface area (Å²) in [4.78, 5) is 14.5. The zero-order valence-corrected chi connectivity index (χ0v) is 15.0. The molecule has 0 saturated carbocycles. The summed E-state index contributed by atoms with van der Waals surface area (Å²) in [5, 5.41) is 0. The van der Waals surface area contributed by atoms with Crippen LogP contribution in [0.1, 0.15) is 18.1 Å². The van der Waals surface area contributed by atoms with Crippen LogP contribution in [0, 0.1) is 6.92 Å². The normalized spacial score (nSPS) is 18.6. The second-order valence-electron chi connectivity index (χ2n) is 6.32. The Morgan fingerprint density at radius 3 is 2.52 bits per heavy atom. The van der Waals surface area contributed by atoms with Crippen LogP contribution in [0.25, 0.3) is 0 Å². The maximum Gasteiger partial charge on any atom is 0.267 e. The number of amides is 1. The van der Waals surface area contributed by atoms with Crippen molar-refractivity contribution in [1.29, 1.82) is 0 Å². The van der Waals surface area contributed by atoms with Gasteiger partial charge in [0.25, 0.3) is 5.91 Å². The van der Waals surface area contributed by atoms with Crippen LogP contribution in [0.15, 0.2) is 42.5 Å². The van der Waals surface area contributed by atoms with Gasteiger partial charge >= 0.3 is 0 Å². The Morgan fingerprint density at radius 1 is 1.16 bits per heavy atom. The van der Waals surface area contributed by atoms with Gasteiger partial charge in [-0.3, -0.25) is 4.79 Å². The molecule has 2 aromatic rings. The summed E-state index contributed by atoms with van der Waals surface area (Å²) in [6.45, 7) is 4.30. The number of hydrogen-bond acceptors (Lipinski definition) is 4. The Labute approximate surface area is 148 Å². The lowest BCUT2D eigenvalue weighted by atomic mass is 10.1. The number of likely N-dealkylation sites (N-methyl/N-ethyl adjacent to an activating group) is 1. The highest BCUT2D eigenvalue weighted by Gasteiger charge is 2.35. The predicted molar refractivity (Wildman–Crippen MR) is 95.2 cm³/mol. The van der Waals surface area contributed by atoms with E-state index in [1.165, 1.54) is 0 Å². The smallest absolute Gasteiger partial charge is 0.267 e. The fourth-order valence-corrected chi connectivity index (χ4v) is 2.97. The van der Waals surface area contributed by atoms with E-state index in [4.69, 9.17) is 14.2 Å². The van der Waals surface area contributed by atoms with Crippen LogP contribution in [0.2, 0.25) is 0 Å². The maximum absolute atomic E-state index is 12.9. The minimum absolute atomic E-state index is 0.120. The maximum atomic E-state index is 12.9. The standard InChI is InChI=1S/C20H23NO4/c1-13-9-10-16(23-4)15(11-13)12-21(3)20(22)19-14(2)24-17-7-5-6-8-18(17)25-19/h5-11,14,19H,12H2,1-4H3. The van der Waals surface area contributed by atoms with Crippen LogP contribution in [0.4, 0.5) is 0 Å². The van der Waals surface area contributed by atoms with Crippen LogP contribution in [0.3, 0.4) is 0 Å². The summed E-state index contributed by atoms with van der Waals surface area (Å²) in [7, 11) is 3.40. The van der Waals surface area contributed by atoms with E-state index in [0.29, 0.717) is 18.0 Å². The molecule has 2 aromatic carbocycles. The van der Waals surface area contributed by atoms with E-state index in [9.17, 15) is 4.79 Å². The van der Waals surface area contributed by atoms with Crippen LogP contribution in [0.5, 0.6) is 17.2 Å². The molecule has 0 saturated heterocycles. The molecule has 0 fully saturated rings. The van der Waals surface area contributed by atoms with E-state index in [-0.39, 0.29) is 12.0 Å². The first kappa shape index (κ1) is 17.1. The summed E-state index contributed by atoms with van der Waals surface area (Å²) < 4.78 is 17.1. The molecule has 0 aliphatic carbocycles.